The molecular weight excluding hydrogens is 360 g/mol. The molecule has 7 N–H and O–H groups in total. The highest BCUT2D eigenvalue weighted by Gasteiger charge is 2.46. The van der Waals surface area contributed by atoms with Crippen molar-refractivity contribution in [3.8, 4) is 5.75 Å². The van der Waals surface area contributed by atoms with E-state index in [0.717, 1.165) is 19.5 Å². The molecule has 1 aromatic carbocycles. The van der Waals surface area contributed by atoms with Crippen LogP contribution in [0.3, 0.4) is 0 Å². The molecule has 8 nitrogen and oxygen atoms in total. The molecule has 1 atom stereocenters. The molecule has 2 aliphatic rings. The Balaban J connectivity index is 0.000000372. The van der Waals surface area contributed by atoms with Gasteiger partial charge in [0.05, 0.1) is 12.7 Å². The molecule has 162 valence electrons. The maximum atomic E-state index is 8.76. The normalized spacial score (nSPS) is 17.2. The third-order valence-electron chi connectivity index (χ3n) is 4.38. The minimum atomic E-state index is -0.160. The van der Waals surface area contributed by atoms with Crippen molar-refractivity contribution in [1.82, 2.24) is 15.5 Å². The van der Waals surface area contributed by atoms with E-state index in [1.165, 1.54) is 31.7 Å². The van der Waals surface area contributed by atoms with Gasteiger partial charge in [-0.05, 0) is 46.0 Å². The number of phenolic OH excluding ortho intramolecular Hbond substituents is 1. The largest absolute Gasteiger partial charge is 0.508 e. The van der Waals surface area contributed by atoms with Crippen molar-refractivity contribution in [3.63, 3.8) is 0 Å². The number of nitrogens with two attached hydrogens (primary N) is 1. The van der Waals surface area contributed by atoms with E-state index in [4.69, 9.17) is 20.1 Å². The number of β-amino-alcohol motifs (C(OH)–C–C–N with tert-alkyl or cyclic N) is 1. The number of carbonyl (C=O) groups excluding carboxylic acids is 1. The van der Waals surface area contributed by atoms with E-state index >= 15 is 0 Å². The Labute approximate surface area is 168 Å². The van der Waals surface area contributed by atoms with Gasteiger partial charge in [0.1, 0.15) is 5.75 Å². The number of likely N-dealkylation sites (tertiary alicyclic amines) is 1. The van der Waals surface area contributed by atoms with Crippen molar-refractivity contribution in [2.45, 2.75) is 26.4 Å². The van der Waals surface area contributed by atoms with Crippen molar-refractivity contribution in [2.24, 2.45) is 11.1 Å². The molecule has 2 saturated heterocycles. The fraction of sp³-hybridized carbons (Fsp3) is 0.650. The monoisotopic (exact) mass is 398 g/mol. The number of nitrogens with one attached hydrogen (secondary N) is 2. The number of aliphatic hydroxyl groups is 2. The molecule has 2 fully saturated rings. The molecule has 1 aromatic rings. The van der Waals surface area contributed by atoms with Crippen molar-refractivity contribution < 1.29 is 20.1 Å². The number of aliphatic hydroxyl groups excluding tert-OH is 2. The second-order valence-corrected chi connectivity index (χ2v) is 7.25. The van der Waals surface area contributed by atoms with Crippen LogP contribution in [0.15, 0.2) is 24.3 Å². The lowest BCUT2D eigenvalue weighted by atomic mass is 9.74. The summed E-state index contributed by atoms with van der Waals surface area (Å²) in [6, 6.07) is 7.09. The van der Waals surface area contributed by atoms with Crippen LogP contribution < -0.4 is 16.4 Å². The lowest BCUT2D eigenvalue weighted by molar-refractivity contribution is -0.106. The molecule has 1 amide bonds. The van der Waals surface area contributed by atoms with E-state index in [-0.39, 0.29) is 12.5 Å². The number of hydrogen-bond acceptors (Lipinski definition) is 7. The predicted octanol–water partition coefficient (Wildman–Crippen LogP) is -0.337. The molecule has 0 radical (unpaired) electrons. The van der Waals surface area contributed by atoms with Gasteiger partial charge in [0.15, 0.2) is 0 Å². The van der Waals surface area contributed by atoms with Crippen LogP contribution in [0.1, 0.15) is 18.9 Å². The Hall–Kier alpha value is -1.71. The highest BCUT2D eigenvalue weighted by Crippen LogP contribution is 2.33. The SMILES string of the molecule is CNCCC(C)O.Cc1ccc(O)cc1.NC=O.OCCN1CC2(CNC2)C1. The molecule has 1 unspecified atom stereocenters. The number of aryl methyl sites for hydroxylation is 1. The van der Waals surface area contributed by atoms with Gasteiger partial charge in [-0.15, -0.1) is 0 Å². The molecule has 0 bridgehead atoms. The highest BCUT2D eigenvalue weighted by atomic mass is 16.3. The van der Waals surface area contributed by atoms with Crippen LogP contribution >= 0.6 is 0 Å². The zero-order valence-electron chi connectivity index (χ0n) is 17.4. The van der Waals surface area contributed by atoms with Gasteiger partial charge in [0.2, 0.25) is 6.41 Å². The zero-order chi connectivity index (χ0) is 21.4. The minimum Gasteiger partial charge on any atom is -0.508 e. The molecule has 0 saturated carbocycles. The van der Waals surface area contributed by atoms with Gasteiger partial charge in [-0.2, -0.15) is 0 Å². The summed E-state index contributed by atoms with van der Waals surface area (Å²) in [6.45, 7) is 10.6. The number of amides is 1. The molecule has 28 heavy (non-hydrogen) atoms. The summed E-state index contributed by atoms with van der Waals surface area (Å²) >= 11 is 0. The van der Waals surface area contributed by atoms with E-state index in [9.17, 15) is 0 Å². The third-order valence-corrected chi connectivity index (χ3v) is 4.38. The molecule has 2 heterocycles. The molecular formula is C20H38N4O4. The summed E-state index contributed by atoms with van der Waals surface area (Å²) in [4.78, 5) is 10.9. The number of rotatable bonds is 5. The Kier molecular flexibility index (Phi) is 14.3. The first-order chi connectivity index (χ1) is 13.3. The number of nitrogens with zero attached hydrogens (tertiary/aromatic N) is 1. The van der Waals surface area contributed by atoms with Gasteiger partial charge in [-0.25, -0.2) is 0 Å². The second-order valence-electron chi connectivity index (χ2n) is 7.25. The van der Waals surface area contributed by atoms with Crippen molar-refractivity contribution in [2.75, 3.05) is 52.9 Å². The summed E-state index contributed by atoms with van der Waals surface area (Å²) in [5, 5.41) is 32.2. The number of carbonyl (C=O) groups is 1. The highest BCUT2D eigenvalue weighted by molar-refractivity contribution is 5.42. The van der Waals surface area contributed by atoms with Crippen LogP contribution in [0.2, 0.25) is 0 Å². The van der Waals surface area contributed by atoms with Crippen LogP contribution in [0.4, 0.5) is 0 Å². The number of benzene rings is 1. The zero-order valence-corrected chi connectivity index (χ0v) is 17.4. The molecule has 0 aromatic heterocycles. The fourth-order valence-electron chi connectivity index (χ4n) is 2.80. The summed E-state index contributed by atoms with van der Waals surface area (Å²) in [7, 11) is 1.88. The average Bonchev–Trinajstić information content (AvgIpc) is 2.59. The molecule has 3 rings (SSSR count). The van der Waals surface area contributed by atoms with Crippen LogP contribution in [-0.2, 0) is 4.79 Å². The lowest BCUT2D eigenvalue weighted by Crippen LogP contribution is -2.71. The molecule has 0 aliphatic carbocycles. The first-order valence-corrected chi connectivity index (χ1v) is 9.60. The number of aromatic hydroxyl groups is 1. The van der Waals surface area contributed by atoms with Crippen LogP contribution in [0.5, 0.6) is 5.75 Å². The van der Waals surface area contributed by atoms with Crippen LogP contribution in [0.25, 0.3) is 0 Å². The van der Waals surface area contributed by atoms with E-state index in [0.29, 0.717) is 17.8 Å². The first-order valence-electron chi connectivity index (χ1n) is 9.60. The van der Waals surface area contributed by atoms with Crippen LogP contribution in [-0.4, -0.2) is 85.7 Å². The second kappa shape index (κ2) is 15.2. The van der Waals surface area contributed by atoms with Crippen LogP contribution in [0, 0.1) is 12.3 Å². The summed E-state index contributed by atoms with van der Waals surface area (Å²) < 4.78 is 0. The Morgan fingerprint density at radius 2 is 1.86 bits per heavy atom. The minimum absolute atomic E-state index is 0.160. The third kappa shape index (κ3) is 11.9. The molecule has 1 spiro atoms. The predicted molar refractivity (Wildman–Crippen MR) is 112 cm³/mol. The van der Waals surface area contributed by atoms with E-state index in [2.05, 4.69) is 21.3 Å². The summed E-state index contributed by atoms with van der Waals surface area (Å²) in [5.41, 5.74) is 5.96. The fourth-order valence-corrected chi connectivity index (χ4v) is 2.80. The van der Waals surface area contributed by atoms with Crippen molar-refractivity contribution in [3.05, 3.63) is 29.8 Å². The van der Waals surface area contributed by atoms with Crippen molar-refractivity contribution in [1.29, 1.82) is 0 Å². The molecule has 8 heteroatoms. The van der Waals surface area contributed by atoms with Gasteiger partial charge in [-0.1, -0.05) is 17.7 Å². The van der Waals surface area contributed by atoms with Crippen molar-refractivity contribution >= 4 is 6.41 Å². The topological polar surface area (TPSA) is 131 Å². The maximum absolute atomic E-state index is 8.76. The van der Waals surface area contributed by atoms with Gasteiger partial charge in [0.25, 0.3) is 0 Å². The first kappa shape index (κ1) is 26.3. The van der Waals surface area contributed by atoms with E-state index in [1.807, 2.05) is 26.1 Å². The number of primary amides is 1. The number of phenols is 1. The standard InChI is InChI=1S/C7H14N2O.C7H8O.C5H13NO.CH3NO/c10-2-1-9-5-7(6-9)3-8-4-7;1-6-2-4-7(8)5-3-6;1-5(7)3-4-6-2;2-1-3/h8,10H,1-6H2;2-5,8H,1H3;5-7H,3-4H2,1-2H3;1H,(H2,2,3). The van der Waals surface area contributed by atoms with Gasteiger partial charge >= 0.3 is 0 Å². The lowest BCUT2D eigenvalue weighted by Gasteiger charge is -2.56. The Bertz CT molecular complexity index is 478. The summed E-state index contributed by atoms with van der Waals surface area (Å²) in [6.07, 6.45) is 0.934. The van der Waals surface area contributed by atoms with E-state index in [1.54, 1.807) is 19.1 Å². The average molecular weight is 399 g/mol. The number of hydrogen-bond donors (Lipinski definition) is 6. The quantitative estimate of drug-likeness (QED) is 0.374. The van der Waals surface area contributed by atoms with E-state index < -0.39 is 0 Å². The Morgan fingerprint density at radius 1 is 1.32 bits per heavy atom. The smallest absolute Gasteiger partial charge is 0.204 e. The van der Waals surface area contributed by atoms with Gasteiger partial charge < -0.3 is 31.7 Å². The maximum Gasteiger partial charge on any atom is 0.204 e. The Morgan fingerprint density at radius 3 is 2.14 bits per heavy atom. The van der Waals surface area contributed by atoms with Gasteiger partial charge in [-0.3, -0.25) is 9.69 Å². The van der Waals surface area contributed by atoms with Gasteiger partial charge in [0, 0.05) is 38.1 Å². The summed E-state index contributed by atoms with van der Waals surface area (Å²) in [5.74, 6) is 0.329. The molecule has 2 aliphatic heterocycles.